The van der Waals surface area contributed by atoms with Crippen molar-refractivity contribution in [2.45, 2.75) is 19.0 Å². The first-order valence-corrected chi connectivity index (χ1v) is 7.84. The van der Waals surface area contributed by atoms with Gasteiger partial charge < -0.3 is 15.4 Å². The van der Waals surface area contributed by atoms with Gasteiger partial charge in [0.1, 0.15) is 5.75 Å². The van der Waals surface area contributed by atoms with Gasteiger partial charge in [0.15, 0.2) is 6.61 Å². The lowest BCUT2D eigenvalue weighted by atomic mass is 10.0. The molecule has 2 aromatic carbocycles. The number of halogens is 3. The molecule has 2 N–H and O–H groups in total. The van der Waals surface area contributed by atoms with Crippen LogP contribution in [0.15, 0.2) is 42.5 Å². The van der Waals surface area contributed by atoms with Crippen molar-refractivity contribution in [1.82, 2.24) is 0 Å². The third-order valence-corrected chi connectivity index (χ3v) is 3.84. The molecule has 8 heteroatoms. The van der Waals surface area contributed by atoms with E-state index in [0.29, 0.717) is 18.6 Å². The van der Waals surface area contributed by atoms with E-state index in [1.54, 1.807) is 18.2 Å². The molecule has 2 aromatic rings. The second-order valence-electron chi connectivity index (χ2n) is 5.78. The minimum Gasteiger partial charge on any atom is -0.484 e. The molecule has 3 rings (SSSR count). The van der Waals surface area contributed by atoms with E-state index in [1.165, 1.54) is 12.1 Å². The summed E-state index contributed by atoms with van der Waals surface area (Å²) in [5.74, 6) is -0.0552. The molecule has 0 aromatic heterocycles. The zero-order chi connectivity index (χ0) is 18.7. The van der Waals surface area contributed by atoms with Gasteiger partial charge in [-0.1, -0.05) is 0 Å². The number of ether oxygens (including phenoxy) is 1. The fraction of sp³-hybridized carbons (Fsp3) is 0.222. The first-order chi connectivity index (χ1) is 12.3. The Labute approximate surface area is 147 Å². The molecule has 5 nitrogen and oxygen atoms in total. The molecule has 1 aliphatic rings. The monoisotopic (exact) mass is 364 g/mol. The molecular weight excluding hydrogens is 349 g/mol. The smallest absolute Gasteiger partial charge is 0.416 e. The van der Waals surface area contributed by atoms with E-state index in [9.17, 15) is 22.8 Å². The fourth-order valence-corrected chi connectivity index (χ4v) is 2.54. The lowest BCUT2D eigenvalue weighted by Crippen LogP contribution is -2.21. The fourth-order valence-electron chi connectivity index (χ4n) is 2.54. The summed E-state index contributed by atoms with van der Waals surface area (Å²) >= 11 is 0. The Kier molecular flexibility index (Phi) is 4.83. The van der Waals surface area contributed by atoms with Gasteiger partial charge in [0.2, 0.25) is 5.91 Å². The number of hydrogen-bond donors (Lipinski definition) is 2. The van der Waals surface area contributed by atoms with Crippen LogP contribution < -0.4 is 15.4 Å². The van der Waals surface area contributed by atoms with E-state index >= 15 is 0 Å². The Hall–Kier alpha value is -3.03. The third-order valence-electron chi connectivity index (χ3n) is 3.84. The number of amides is 2. The van der Waals surface area contributed by atoms with Gasteiger partial charge in [-0.15, -0.1) is 0 Å². The average Bonchev–Trinajstić information content (AvgIpc) is 2.59. The molecule has 0 atom stereocenters. The van der Waals surface area contributed by atoms with Gasteiger partial charge in [-0.3, -0.25) is 9.59 Å². The lowest BCUT2D eigenvalue weighted by Gasteiger charge is -2.17. The van der Waals surface area contributed by atoms with Gasteiger partial charge >= 0.3 is 6.18 Å². The van der Waals surface area contributed by atoms with E-state index in [4.69, 9.17) is 4.74 Å². The summed E-state index contributed by atoms with van der Waals surface area (Å²) in [6, 6.07) is 9.25. The summed E-state index contributed by atoms with van der Waals surface area (Å²) in [5, 5.41) is 5.22. The summed E-state index contributed by atoms with van der Waals surface area (Å²) in [4.78, 5) is 23.2. The zero-order valence-corrected chi connectivity index (χ0v) is 13.5. The minimum absolute atomic E-state index is 0.0397. The van der Waals surface area contributed by atoms with Gasteiger partial charge in [-0.25, -0.2) is 0 Å². The lowest BCUT2D eigenvalue weighted by molar-refractivity contribution is -0.137. The second kappa shape index (κ2) is 7.07. The SMILES string of the molecule is O=C(COc1ccc2c(c1)CCC(=O)N2)Nc1ccc(C(F)(F)F)cc1. The maximum Gasteiger partial charge on any atom is 0.416 e. The van der Waals surface area contributed by atoms with Crippen LogP contribution in [0.3, 0.4) is 0 Å². The number of alkyl halides is 3. The van der Waals surface area contributed by atoms with Crippen molar-refractivity contribution in [2.24, 2.45) is 0 Å². The molecule has 0 saturated carbocycles. The number of benzene rings is 2. The summed E-state index contributed by atoms with van der Waals surface area (Å²) in [5.41, 5.74) is 1.11. The summed E-state index contributed by atoms with van der Waals surface area (Å²) in [6.45, 7) is -0.286. The Morgan fingerprint density at radius 2 is 1.85 bits per heavy atom. The molecule has 0 bridgehead atoms. The Morgan fingerprint density at radius 3 is 2.54 bits per heavy atom. The van der Waals surface area contributed by atoms with Crippen molar-refractivity contribution in [2.75, 3.05) is 17.2 Å². The van der Waals surface area contributed by atoms with Crippen LogP contribution in [0.4, 0.5) is 24.5 Å². The molecule has 0 radical (unpaired) electrons. The van der Waals surface area contributed by atoms with E-state index < -0.39 is 17.6 Å². The molecular formula is C18H15F3N2O3. The van der Waals surface area contributed by atoms with Crippen LogP contribution in [0.2, 0.25) is 0 Å². The number of aryl methyl sites for hydroxylation is 1. The normalized spacial score (nSPS) is 13.6. The Morgan fingerprint density at radius 1 is 1.12 bits per heavy atom. The van der Waals surface area contributed by atoms with Gasteiger partial charge in [-0.05, 0) is 54.4 Å². The predicted molar refractivity (Wildman–Crippen MR) is 89.0 cm³/mol. The van der Waals surface area contributed by atoms with Crippen LogP contribution in [0.25, 0.3) is 0 Å². The molecule has 0 spiro atoms. The van der Waals surface area contributed by atoms with Crippen LogP contribution in [-0.2, 0) is 22.2 Å². The molecule has 0 aliphatic carbocycles. The maximum atomic E-state index is 12.5. The standard InChI is InChI=1S/C18H15F3N2O3/c19-18(20,21)12-2-4-13(5-3-12)22-17(25)10-26-14-6-7-15-11(9-14)1-8-16(24)23-15/h2-7,9H,1,8,10H2,(H,22,25)(H,23,24). The first-order valence-electron chi connectivity index (χ1n) is 7.84. The van der Waals surface area contributed by atoms with Crippen molar-refractivity contribution in [3.05, 3.63) is 53.6 Å². The predicted octanol–water partition coefficient (Wildman–Crippen LogP) is 3.61. The van der Waals surface area contributed by atoms with E-state index in [-0.39, 0.29) is 18.2 Å². The molecule has 26 heavy (non-hydrogen) atoms. The highest BCUT2D eigenvalue weighted by atomic mass is 19.4. The third kappa shape index (κ3) is 4.33. The quantitative estimate of drug-likeness (QED) is 0.871. The van der Waals surface area contributed by atoms with Gasteiger partial charge in [0.05, 0.1) is 5.56 Å². The molecule has 0 unspecified atom stereocenters. The molecule has 1 heterocycles. The highest BCUT2D eigenvalue weighted by molar-refractivity contribution is 5.94. The van der Waals surface area contributed by atoms with E-state index in [1.807, 2.05) is 0 Å². The van der Waals surface area contributed by atoms with E-state index in [2.05, 4.69) is 10.6 Å². The van der Waals surface area contributed by atoms with Crippen molar-refractivity contribution in [1.29, 1.82) is 0 Å². The topological polar surface area (TPSA) is 67.4 Å². The number of anilines is 2. The van der Waals surface area contributed by atoms with E-state index in [0.717, 1.165) is 23.4 Å². The van der Waals surface area contributed by atoms with Crippen LogP contribution in [0, 0.1) is 0 Å². The molecule has 1 aliphatic heterocycles. The summed E-state index contributed by atoms with van der Waals surface area (Å²) in [7, 11) is 0. The molecule has 2 amide bonds. The van der Waals surface area contributed by atoms with Crippen molar-refractivity contribution < 1.29 is 27.5 Å². The number of carbonyl (C=O) groups is 2. The van der Waals surface area contributed by atoms with Crippen LogP contribution >= 0.6 is 0 Å². The highest BCUT2D eigenvalue weighted by Gasteiger charge is 2.30. The molecule has 0 saturated heterocycles. The number of nitrogens with one attached hydrogen (secondary N) is 2. The maximum absolute atomic E-state index is 12.5. The van der Waals surface area contributed by atoms with Gasteiger partial charge in [0, 0.05) is 17.8 Å². The number of rotatable bonds is 4. The van der Waals surface area contributed by atoms with Crippen LogP contribution in [0.5, 0.6) is 5.75 Å². The zero-order valence-electron chi connectivity index (χ0n) is 13.5. The van der Waals surface area contributed by atoms with Gasteiger partial charge in [0.25, 0.3) is 5.91 Å². The average molecular weight is 364 g/mol. The molecule has 0 fully saturated rings. The van der Waals surface area contributed by atoms with Crippen LogP contribution in [0.1, 0.15) is 17.5 Å². The first kappa shape index (κ1) is 17.8. The Balaban J connectivity index is 1.55. The minimum atomic E-state index is -4.42. The number of carbonyl (C=O) groups excluding carboxylic acids is 2. The summed E-state index contributed by atoms with van der Waals surface area (Å²) < 4.78 is 42.9. The second-order valence-corrected chi connectivity index (χ2v) is 5.78. The largest absolute Gasteiger partial charge is 0.484 e. The summed E-state index contributed by atoms with van der Waals surface area (Å²) in [6.07, 6.45) is -3.43. The van der Waals surface area contributed by atoms with Crippen LogP contribution in [-0.4, -0.2) is 18.4 Å². The Bertz CT molecular complexity index is 833. The highest BCUT2D eigenvalue weighted by Crippen LogP contribution is 2.30. The van der Waals surface area contributed by atoms with Crippen molar-refractivity contribution >= 4 is 23.2 Å². The van der Waals surface area contributed by atoms with Crippen molar-refractivity contribution in [3.63, 3.8) is 0 Å². The van der Waals surface area contributed by atoms with Gasteiger partial charge in [-0.2, -0.15) is 13.2 Å². The number of hydrogen-bond acceptors (Lipinski definition) is 3. The number of fused-ring (bicyclic) bond motifs is 1. The molecule has 136 valence electrons. The van der Waals surface area contributed by atoms with Crippen molar-refractivity contribution in [3.8, 4) is 5.75 Å².